The minimum absolute atomic E-state index is 1.01. The molecule has 1 N–H and O–H groups in total. The molecule has 0 atom stereocenters. The number of nitrogens with one attached hydrogen (secondary N) is 1. The van der Waals surface area contributed by atoms with Gasteiger partial charge in [-0.05, 0) is 43.0 Å². The molecule has 2 nitrogen and oxygen atoms in total. The summed E-state index contributed by atoms with van der Waals surface area (Å²) in [6, 6.07) is 6.79. The van der Waals surface area contributed by atoms with Crippen molar-refractivity contribution in [3.8, 4) is 11.3 Å². The van der Waals surface area contributed by atoms with Crippen LogP contribution >= 0.6 is 11.3 Å². The SMILES string of the molecule is CCCCc1nc(-c2ccc3c(c2)CCNC3)cs1. The number of hydrogen-bond acceptors (Lipinski definition) is 3. The molecule has 0 amide bonds. The maximum Gasteiger partial charge on any atom is 0.0932 e. The molecule has 0 aliphatic carbocycles. The molecule has 19 heavy (non-hydrogen) atoms. The molecule has 1 aromatic carbocycles. The molecule has 1 aromatic heterocycles. The Morgan fingerprint density at radius 3 is 3.16 bits per heavy atom. The predicted molar refractivity (Wildman–Crippen MR) is 81.6 cm³/mol. The molecular formula is C16H20N2S. The molecular weight excluding hydrogens is 252 g/mol. The van der Waals surface area contributed by atoms with Crippen LogP contribution in [0.15, 0.2) is 23.6 Å². The largest absolute Gasteiger partial charge is 0.312 e. The lowest BCUT2D eigenvalue weighted by Gasteiger charge is -2.17. The Kier molecular flexibility index (Phi) is 3.95. The normalized spacial score (nSPS) is 14.4. The summed E-state index contributed by atoms with van der Waals surface area (Å²) < 4.78 is 0. The lowest BCUT2D eigenvalue weighted by atomic mass is 9.98. The molecule has 1 aliphatic heterocycles. The zero-order valence-electron chi connectivity index (χ0n) is 11.4. The van der Waals surface area contributed by atoms with Crippen LogP contribution in [0.5, 0.6) is 0 Å². The number of thiazole rings is 1. The molecule has 1 aliphatic rings. The van der Waals surface area contributed by atoms with Crippen molar-refractivity contribution in [2.45, 2.75) is 39.2 Å². The second-order valence-electron chi connectivity index (χ2n) is 5.14. The van der Waals surface area contributed by atoms with E-state index in [2.05, 4.69) is 35.8 Å². The van der Waals surface area contributed by atoms with E-state index >= 15 is 0 Å². The average molecular weight is 272 g/mol. The first-order valence-corrected chi connectivity index (χ1v) is 8.02. The van der Waals surface area contributed by atoms with Gasteiger partial charge in [-0.1, -0.05) is 25.5 Å². The minimum Gasteiger partial charge on any atom is -0.312 e. The van der Waals surface area contributed by atoms with Crippen molar-refractivity contribution in [1.29, 1.82) is 0 Å². The average Bonchev–Trinajstić information content (AvgIpc) is 2.93. The molecule has 0 saturated heterocycles. The minimum atomic E-state index is 1.01. The second kappa shape index (κ2) is 5.85. The molecule has 3 heteroatoms. The van der Waals surface area contributed by atoms with Crippen molar-refractivity contribution in [2.75, 3.05) is 6.54 Å². The van der Waals surface area contributed by atoms with E-state index in [1.807, 2.05) is 0 Å². The molecule has 0 radical (unpaired) electrons. The zero-order valence-corrected chi connectivity index (χ0v) is 12.2. The quantitative estimate of drug-likeness (QED) is 0.915. The monoisotopic (exact) mass is 272 g/mol. The van der Waals surface area contributed by atoms with Crippen molar-refractivity contribution in [3.63, 3.8) is 0 Å². The van der Waals surface area contributed by atoms with Crippen molar-refractivity contribution < 1.29 is 0 Å². The summed E-state index contributed by atoms with van der Waals surface area (Å²) in [5.41, 5.74) is 5.35. The Morgan fingerprint density at radius 2 is 2.26 bits per heavy atom. The smallest absolute Gasteiger partial charge is 0.0932 e. The third-order valence-corrected chi connectivity index (χ3v) is 4.59. The Bertz CT molecular complexity index is 560. The molecule has 2 aromatic rings. The molecule has 0 unspecified atom stereocenters. The highest BCUT2D eigenvalue weighted by Gasteiger charge is 2.11. The van der Waals surface area contributed by atoms with Gasteiger partial charge >= 0.3 is 0 Å². The number of nitrogens with zero attached hydrogens (tertiary/aromatic N) is 1. The van der Waals surface area contributed by atoms with Crippen molar-refractivity contribution in [2.24, 2.45) is 0 Å². The number of fused-ring (bicyclic) bond motifs is 1. The standard InChI is InChI=1S/C16H20N2S/c1-2-3-4-16-18-15(11-19-16)13-5-6-14-10-17-8-7-12(14)9-13/h5-6,9,11,17H,2-4,7-8,10H2,1H3. The van der Waals surface area contributed by atoms with Crippen LogP contribution in [0.2, 0.25) is 0 Å². The van der Waals surface area contributed by atoms with Crippen LogP contribution in [0.25, 0.3) is 11.3 Å². The number of rotatable bonds is 4. The van der Waals surface area contributed by atoms with Gasteiger partial charge in [-0.25, -0.2) is 4.98 Å². The van der Waals surface area contributed by atoms with E-state index in [0.29, 0.717) is 0 Å². The van der Waals surface area contributed by atoms with Crippen molar-refractivity contribution in [3.05, 3.63) is 39.7 Å². The predicted octanol–water partition coefficient (Wildman–Crippen LogP) is 3.80. The van der Waals surface area contributed by atoms with Crippen molar-refractivity contribution >= 4 is 11.3 Å². The number of aromatic nitrogens is 1. The third kappa shape index (κ3) is 2.88. The maximum absolute atomic E-state index is 4.77. The summed E-state index contributed by atoms with van der Waals surface area (Å²) in [4.78, 5) is 4.77. The van der Waals surface area contributed by atoms with E-state index in [-0.39, 0.29) is 0 Å². The Balaban J connectivity index is 1.83. The van der Waals surface area contributed by atoms with Gasteiger partial charge in [-0.3, -0.25) is 0 Å². The van der Waals surface area contributed by atoms with E-state index in [9.17, 15) is 0 Å². The fraction of sp³-hybridized carbons (Fsp3) is 0.438. The van der Waals surface area contributed by atoms with Gasteiger partial charge in [-0.2, -0.15) is 0 Å². The summed E-state index contributed by atoms with van der Waals surface area (Å²) in [6.07, 6.45) is 4.73. The summed E-state index contributed by atoms with van der Waals surface area (Å²) >= 11 is 1.80. The fourth-order valence-electron chi connectivity index (χ4n) is 2.52. The topological polar surface area (TPSA) is 24.9 Å². The second-order valence-corrected chi connectivity index (χ2v) is 6.08. The van der Waals surface area contributed by atoms with Crippen LogP contribution in [0.3, 0.4) is 0 Å². The van der Waals surface area contributed by atoms with Gasteiger partial charge in [0.05, 0.1) is 10.7 Å². The lowest BCUT2D eigenvalue weighted by molar-refractivity contribution is 0.644. The van der Waals surface area contributed by atoms with Gasteiger partial charge in [0.25, 0.3) is 0 Å². The van der Waals surface area contributed by atoms with Gasteiger partial charge in [0, 0.05) is 17.5 Å². The highest BCUT2D eigenvalue weighted by molar-refractivity contribution is 7.09. The lowest BCUT2D eigenvalue weighted by Crippen LogP contribution is -2.23. The zero-order chi connectivity index (χ0) is 13.1. The first-order valence-electron chi connectivity index (χ1n) is 7.14. The Labute approximate surface area is 118 Å². The van der Waals surface area contributed by atoms with Gasteiger partial charge in [0.1, 0.15) is 0 Å². The fourth-order valence-corrected chi connectivity index (χ4v) is 3.37. The first-order chi connectivity index (χ1) is 9.36. The summed E-state index contributed by atoms with van der Waals surface area (Å²) in [6.45, 7) is 4.33. The summed E-state index contributed by atoms with van der Waals surface area (Å²) in [5, 5.41) is 6.89. The van der Waals surface area contributed by atoms with Crippen LogP contribution in [0.4, 0.5) is 0 Å². The van der Waals surface area contributed by atoms with Crippen molar-refractivity contribution in [1.82, 2.24) is 10.3 Å². The van der Waals surface area contributed by atoms with Crippen LogP contribution in [0, 0.1) is 0 Å². The first kappa shape index (κ1) is 12.8. The van der Waals surface area contributed by atoms with Gasteiger partial charge in [0.2, 0.25) is 0 Å². The van der Waals surface area contributed by atoms with E-state index < -0.39 is 0 Å². The van der Waals surface area contributed by atoms with Crippen LogP contribution in [0.1, 0.15) is 35.9 Å². The molecule has 2 heterocycles. The number of unbranched alkanes of at least 4 members (excludes halogenated alkanes) is 1. The Hall–Kier alpha value is -1.19. The van der Waals surface area contributed by atoms with E-state index in [0.717, 1.165) is 31.6 Å². The molecule has 0 spiro atoms. The van der Waals surface area contributed by atoms with Crippen LogP contribution < -0.4 is 5.32 Å². The van der Waals surface area contributed by atoms with Gasteiger partial charge < -0.3 is 5.32 Å². The summed E-state index contributed by atoms with van der Waals surface area (Å²) in [5.74, 6) is 0. The highest BCUT2D eigenvalue weighted by atomic mass is 32.1. The molecule has 0 bridgehead atoms. The van der Waals surface area contributed by atoms with Crippen LogP contribution in [-0.2, 0) is 19.4 Å². The number of benzene rings is 1. The number of hydrogen-bond donors (Lipinski definition) is 1. The number of aryl methyl sites for hydroxylation is 1. The van der Waals surface area contributed by atoms with Crippen LogP contribution in [-0.4, -0.2) is 11.5 Å². The van der Waals surface area contributed by atoms with Gasteiger partial charge in [-0.15, -0.1) is 11.3 Å². The molecule has 0 fully saturated rings. The maximum atomic E-state index is 4.77. The third-order valence-electron chi connectivity index (χ3n) is 3.68. The van der Waals surface area contributed by atoms with Gasteiger partial charge in [0.15, 0.2) is 0 Å². The summed E-state index contributed by atoms with van der Waals surface area (Å²) in [7, 11) is 0. The van der Waals surface area contributed by atoms with E-state index in [1.54, 1.807) is 11.3 Å². The molecule has 100 valence electrons. The van der Waals surface area contributed by atoms with E-state index in [1.165, 1.54) is 34.5 Å². The highest BCUT2D eigenvalue weighted by Crippen LogP contribution is 2.26. The molecule has 3 rings (SSSR count). The molecule has 0 saturated carbocycles. The van der Waals surface area contributed by atoms with E-state index in [4.69, 9.17) is 4.98 Å². The Morgan fingerprint density at radius 1 is 1.32 bits per heavy atom.